The van der Waals surface area contributed by atoms with Crippen molar-refractivity contribution < 1.29 is 28.2 Å². The monoisotopic (exact) mass is 553 g/mol. The zero-order chi connectivity index (χ0) is 25.7. The number of benzene rings is 3. The van der Waals surface area contributed by atoms with Gasteiger partial charge in [0.2, 0.25) is 5.91 Å². The van der Waals surface area contributed by atoms with Gasteiger partial charge in [-0.05, 0) is 57.9 Å². The standard InChI is InChI=1S/C26H21BrFN3O5/c1-35-23-9-5-4-8-20(23)29-24(32)14-31-25(33)21(30-26(31)34)13-16-10-11-22(18(27)12-16)36-15-17-6-2-3-7-19(17)28/h2-13H,14-15H2,1H3,(H,29,32)(H,30,34)/b21-13+. The van der Waals surface area contributed by atoms with E-state index < -0.39 is 24.4 Å². The molecular weight excluding hydrogens is 533 g/mol. The first-order chi connectivity index (χ1) is 17.4. The van der Waals surface area contributed by atoms with E-state index in [1.54, 1.807) is 60.7 Å². The van der Waals surface area contributed by atoms with Crippen molar-refractivity contribution in [3.63, 3.8) is 0 Å². The molecule has 0 saturated carbocycles. The minimum Gasteiger partial charge on any atom is -0.495 e. The average molecular weight is 554 g/mol. The summed E-state index contributed by atoms with van der Waals surface area (Å²) >= 11 is 3.41. The fourth-order valence-electron chi connectivity index (χ4n) is 3.46. The highest BCUT2D eigenvalue weighted by molar-refractivity contribution is 9.10. The first-order valence-corrected chi connectivity index (χ1v) is 11.6. The van der Waals surface area contributed by atoms with E-state index in [4.69, 9.17) is 9.47 Å². The zero-order valence-electron chi connectivity index (χ0n) is 19.1. The van der Waals surface area contributed by atoms with Crippen LogP contribution in [0.15, 0.2) is 76.9 Å². The molecule has 184 valence electrons. The Hall–Kier alpha value is -4.18. The summed E-state index contributed by atoms with van der Waals surface area (Å²) < 4.78 is 25.3. The highest BCUT2D eigenvalue weighted by Crippen LogP contribution is 2.28. The van der Waals surface area contributed by atoms with Crippen molar-refractivity contribution in [2.45, 2.75) is 6.61 Å². The molecule has 0 radical (unpaired) electrons. The second-order valence-electron chi connectivity index (χ2n) is 7.70. The van der Waals surface area contributed by atoms with Crippen molar-refractivity contribution in [2.75, 3.05) is 19.0 Å². The molecule has 0 bridgehead atoms. The van der Waals surface area contributed by atoms with Crippen LogP contribution in [0.1, 0.15) is 11.1 Å². The molecule has 1 aliphatic rings. The highest BCUT2D eigenvalue weighted by Gasteiger charge is 2.35. The zero-order valence-corrected chi connectivity index (χ0v) is 20.7. The van der Waals surface area contributed by atoms with Gasteiger partial charge in [-0.3, -0.25) is 9.59 Å². The molecule has 8 nitrogen and oxygen atoms in total. The van der Waals surface area contributed by atoms with Crippen LogP contribution in [0.25, 0.3) is 6.08 Å². The van der Waals surface area contributed by atoms with E-state index in [0.29, 0.717) is 32.8 Å². The van der Waals surface area contributed by atoms with Crippen molar-refractivity contribution in [3.8, 4) is 11.5 Å². The van der Waals surface area contributed by atoms with Gasteiger partial charge in [-0.2, -0.15) is 0 Å². The molecule has 1 heterocycles. The predicted octanol–water partition coefficient (Wildman–Crippen LogP) is 4.71. The molecule has 1 saturated heterocycles. The number of anilines is 1. The van der Waals surface area contributed by atoms with Crippen LogP contribution in [0, 0.1) is 5.82 Å². The van der Waals surface area contributed by atoms with E-state index in [-0.39, 0.29) is 18.1 Å². The lowest BCUT2D eigenvalue weighted by molar-refractivity contribution is -0.127. The van der Waals surface area contributed by atoms with Crippen LogP contribution in [-0.2, 0) is 16.2 Å². The molecule has 0 aromatic heterocycles. The number of ether oxygens (including phenoxy) is 2. The number of halogens is 2. The molecule has 0 spiro atoms. The normalized spacial score (nSPS) is 14.1. The Kier molecular flexibility index (Phi) is 7.65. The quantitative estimate of drug-likeness (QED) is 0.311. The number of amides is 4. The number of nitrogens with zero attached hydrogens (tertiary/aromatic N) is 1. The van der Waals surface area contributed by atoms with E-state index in [2.05, 4.69) is 26.6 Å². The highest BCUT2D eigenvalue weighted by atomic mass is 79.9. The van der Waals surface area contributed by atoms with Gasteiger partial charge in [0.15, 0.2) is 0 Å². The lowest BCUT2D eigenvalue weighted by Gasteiger charge is -2.13. The number of methoxy groups -OCH3 is 1. The summed E-state index contributed by atoms with van der Waals surface area (Å²) in [5.74, 6) is -0.603. The second kappa shape index (κ2) is 11.0. The molecule has 0 atom stereocenters. The van der Waals surface area contributed by atoms with Gasteiger partial charge >= 0.3 is 6.03 Å². The van der Waals surface area contributed by atoms with E-state index in [0.717, 1.165) is 4.90 Å². The predicted molar refractivity (Wildman–Crippen MR) is 135 cm³/mol. The smallest absolute Gasteiger partial charge is 0.329 e. The van der Waals surface area contributed by atoms with Crippen LogP contribution in [0.5, 0.6) is 11.5 Å². The van der Waals surface area contributed by atoms with Crippen molar-refractivity contribution in [3.05, 3.63) is 93.8 Å². The molecule has 1 aliphatic heterocycles. The van der Waals surface area contributed by atoms with Gasteiger partial charge in [0.1, 0.15) is 36.2 Å². The fourth-order valence-corrected chi connectivity index (χ4v) is 3.97. The maximum absolute atomic E-state index is 13.8. The Labute approximate surface area is 214 Å². The summed E-state index contributed by atoms with van der Waals surface area (Å²) in [6, 6.07) is 17.5. The van der Waals surface area contributed by atoms with Crippen LogP contribution < -0.4 is 20.1 Å². The van der Waals surface area contributed by atoms with Crippen LogP contribution in [0.2, 0.25) is 0 Å². The summed E-state index contributed by atoms with van der Waals surface area (Å²) in [4.78, 5) is 38.4. The number of urea groups is 1. The van der Waals surface area contributed by atoms with Gasteiger partial charge in [-0.15, -0.1) is 0 Å². The Bertz CT molecular complexity index is 1360. The number of nitrogens with one attached hydrogen (secondary N) is 2. The van der Waals surface area contributed by atoms with Gasteiger partial charge in [-0.1, -0.05) is 36.4 Å². The summed E-state index contributed by atoms with van der Waals surface area (Å²) in [5.41, 5.74) is 1.47. The van der Waals surface area contributed by atoms with Crippen molar-refractivity contribution in [1.29, 1.82) is 0 Å². The lowest BCUT2D eigenvalue weighted by atomic mass is 10.2. The Balaban J connectivity index is 1.41. The van der Waals surface area contributed by atoms with E-state index in [9.17, 15) is 18.8 Å². The van der Waals surface area contributed by atoms with Crippen LogP contribution in [0.4, 0.5) is 14.9 Å². The number of rotatable bonds is 8. The maximum atomic E-state index is 13.8. The topological polar surface area (TPSA) is 97.0 Å². The summed E-state index contributed by atoms with van der Waals surface area (Å²) in [6.07, 6.45) is 1.49. The third kappa shape index (κ3) is 5.72. The second-order valence-corrected chi connectivity index (χ2v) is 8.55. The molecular formula is C26H21BrFN3O5. The first kappa shape index (κ1) is 24.9. The molecule has 4 rings (SSSR count). The third-order valence-electron chi connectivity index (χ3n) is 5.25. The summed E-state index contributed by atoms with van der Waals surface area (Å²) in [7, 11) is 1.47. The summed E-state index contributed by atoms with van der Waals surface area (Å²) in [5, 5.41) is 5.12. The van der Waals surface area contributed by atoms with Crippen molar-refractivity contribution in [2.24, 2.45) is 0 Å². The number of hydrogen-bond donors (Lipinski definition) is 2. The van der Waals surface area contributed by atoms with E-state index in [1.807, 2.05) is 0 Å². The molecule has 1 fully saturated rings. The number of hydrogen-bond acceptors (Lipinski definition) is 5. The van der Waals surface area contributed by atoms with Gasteiger partial charge in [0.05, 0.1) is 17.3 Å². The van der Waals surface area contributed by atoms with Crippen molar-refractivity contribution >= 4 is 45.5 Å². The fraction of sp³-hybridized carbons (Fsp3) is 0.115. The van der Waals surface area contributed by atoms with Gasteiger partial charge in [0, 0.05) is 5.56 Å². The van der Waals surface area contributed by atoms with E-state index >= 15 is 0 Å². The largest absolute Gasteiger partial charge is 0.495 e. The summed E-state index contributed by atoms with van der Waals surface area (Å²) in [6.45, 7) is -0.418. The molecule has 10 heteroatoms. The van der Waals surface area contributed by atoms with Crippen LogP contribution in [-0.4, -0.2) is 36.4 Å². The van der Waals surface area contributed by atoms with E-state index in [1.165, 1.54) is 19.3 Å². The van der Waals surface area contributed by atoms with Crippen LogP contribution >= 0.6 is 15.9 Å². The Morgan fingerprint density at radius 1 is 1.08 bits per heavy atom. The minimum absolute atomic E-state index is 0.0250. The van der Waals surface area contributed by atoms with Gasteiger partial charge < -0.3 is 20.1 Å². The molecule has 3 aromatic carbocycles. The SMILES string of the molecule is COc1ccccc1NC(=O)CN1C(=O)N/C(=C/c2ccc(OCc3ccccc3F)c(Br)c2)C1=O. The molecule has 0 aliphatic carbocycles. The van der Waals surface area contributed by atoms with Gasteiger partial charge in [-0.25, -0.2) is 14.1 Å². The van der Waals surface area contributed by atoms with Gasteiger partial charge in [0.25, 0.3) is 5.91 Å². The number of para-hydroxylation sites is 2. The average Bonchev–Trinajstić information content (AvgIpc) is 3.12. The number of carbonyl (C=O) groups excluding carboxylic acids is 3. The molecule has 36 heavy (non-hydrogen) atoms. The Morgan fingerprint density at radius 2 is 1.83 bits per heavy atom. The van der Waals surface area contributed by atoms with Crippen molar-refractivity contribution in [1.82, 2.24) is 10.2 Å². The minimum atomic E-state index is -0.703. The third-order valence-corrected chi connectivity index (χ3v) is 5.87. The number of imide groups is 1. The number of carbonyl (C=O) groups is 3. The lowest BCUT2D eigenvalue weighted by Crippen LogP contribution is -2.38. The molecule has 3 aromatic rings. The van der Waals surface area contributed by atoms with Crippen LogP contribution in [0.3, 0.4) is 0 Å². The molecule has 2 N–H and O–H groups in total. The maximum Gasteiger partial charge on any atom is 0.329 e. The molecule has 4 amide bonds. The first-order valence-electron chi connectivity index (χ1n) is 10.8. The molecule has 0 unspecified atom stereocenters. The Morgan fingerprint density at radius 3 is 2.58 bits per heavy atom.